The maximum Gasteiger partial charge on any atom is 0.322 e. The first-order valence-electron chi connectivity index (χ1n) is 6.70. The molecule has 1 aromatic carbocycles. The lowest BCUT2D eigenvalue weighted by Crippen LogP contribution is -2.39. The van der Waals surface area contributed by atoms with E-state index in [1.165, 1.54) is 0 Å². The zero-order chi connectivity index (χ0) is 15.2. The number of carbonyl (C=O) groups is 3. The van der Waals surface area contributed by atoms with Gasteiger partial charge in [0.05, 0.1) is 6.54 Å². The minimum Gasteiger partial charge on any atom is -0.480 e. The van der Waals surface area contributed by atoms with Crippen LogP contribution in [-0.2, 0) is 16.0 Å². The predicted octanol–water partition coefficient (Wildman–Crippen LogP) is -0.0247. The molecule has 7 heteroatoms. The lowest BCUT2D eigenvalue weighted by molar-refractivity contribution is -0.137. The average molecular weight is 291 g/mol. The highest BCUT2D eigenvalue weighted by Gasteiger charge is 2.17. The van der Waals surface area contributed by atoms with Gasteiger partial charge in [-0.25, -0.2) is 0 Å². The summed E-state index contributed by atoms with van der Waals surface area (Å²) in [6.45, 7) is 0.179. The maximum absolute atomic E-state index is 12.1. The van der Waals surface area contributed by atoms with Gasteiger partial charge in [0.25, 0.3) is 5.91 Å². The van der Waals surface area contributed by atoms with Crippen LogP contribution in [0.1, 0.15) is 22.3 Å². The smallest absolute Gasteiger partial charge is 0.322 e. The van der Waals surface area contributed by atoms with Crippen molar-refractivity contribution in [1.82, 2.24) is 10.6 Å². The molecule has 0 aromatic heterocycles. The van der Waals surface area contributed by atoms with Crippen molar-refractivity contribution < 1.29 is 19.5 Å². The molecule has 0 unspecified atom stereocenters. The van der Waals surface area contributed by atoms with E-state index in [0.717, 1.165) is 30.6 Å². The quantitative estimate of drug-likeness (QED) is 0.609. The van der Waals surface area contributed by atoms with Crippen LogP contribution in [0.2, 0.25) is 0 Å². The van der Waals surface area contributed by atoms with Crippen LogP contribution in [0.4, 0.5) is 5.69 Å². The van der Waals surface area contributed by atoms with Crippen LogP contribution in [-0.4, -0.2) is 42.5 Å². The van der Waals surface area contributed by atoms with Crippen molar-refractivity contribution in [2.24, 2.45) is 0 Å². The fourth-order valence-electron chi connectivity index (χ4n) is 2.22. The molecule has 0 radical (unpaired) electrons. The number of hydrogen-bond donors (Lipinski definition) is 4. The Morgan fingerprint density at radius 3 is 2.76 bits per heavy atom. The SMILES string of the molecule is O=C(O)CNC(=O)CNC(=O)c1cccc2c1CCCN2. The number of amides is 2. The molecule has 112 valence electrons. The lowest BCUT2D eigenvalue weighted by atomic mass is 9.97. The number of hydrogen-bond acceptors (Lipinski definition) is 4. The van der Waals surface area contributed by atoms with E-state index in [1.54, 1.807) is 12.1 Å². The lowest BCUT2D eigenvalue weighted by Gasteiger charge is -2.20. The van der Waals surface area contributed by atoms with E-state index in [4.69, 9.17) is 5.11 Å². The van der Waals surface area contributed by atoms with Crippen LogP contribution >= 0.6 is 0 Å². The van der Waals surface area contributed by atoms with Gasteiger partial charge in [-0.2, -0.15) is 0 Å². The van der Waals surface area contributed by atoms with E-state index >= 15 is 0 Å². The van der Waals surface area contributed by atoms with Gasteiger partial charge in [-0.3, -0.25) is 14.4 Å². The summed E-state index contributed by atoms with van der Waals surface area (Å²) < 4.78 is 0. The number of rotatable bonds is 5. The van der Waals surface area contributed by atoms with E-state index in [9.17, 15) is 14.4 Å². The number of carboxylic acid groups (broad SMARTS) is 1. The third-order valence-corrected chi connectivity index (χ3v) is 3.19. The Morgan fingerprint density at radius 1 is 1.19 bits per heavy atom. The zero-order valence-electron chi connectivity index (χ0n) is 11.4. The minimum absolute atomic E-state index is 0.247. The van der Waals surface area contributed by atoms with E-state index < -0.39 is 18.4 Å². The third kappa shape index (κ3) is 3.95. The Morgan fingerprint density at radius 2 is 2.00 bits per heavy atom. The Hall–Kier alpha value is -2.57. The van der Waals surface area contributed by atoms with Crippen molar-refractivity contribution in [2.45, 2.75) is 12.8 Å². The normalized spacial score (nSPS) is 12.8. The molecule has 0 fully saturated rings. The number of anilines is 1. The largest absolute Gasteiger partial charge is 0.480 e. The summed E-state index contributed by atoms with van der Waals surface area (Å²) in [6, 6.07) is 5.43. The number of carbonyl (C=O) groups excluding carboxylic acids is 2. The van der Waals surface area contributed by atoms with Crippen LogP contribution in [0.3, 0.4) is 0 Å². The molecule has 7 nitrogen and oxygen atoms in total. The highest BCUT2D eigenvalue weighted by molar-refractivity contribution is 5.99. The first-order chi connectivity index (χ1) is 10.1. The van der Waals surface area contributed by atoms with E-state index in [2.05, 4.69) is 16.0 Å². The van der Waals surface area contributed by atoms with Crippen molar-refractivity contribution in [3.8, 4) is 0 Å². The van der Waals surface area contributed by atoms with Gasteiger partial charge in [0, 0.05) is 17.8 Å². The molecule has 2 rings (SSSR count). The molecular weight excluding hydrogens is 274 g/mol. The van der Waals surface area contributed by atoms with E-state index in [0.29, 0.717) is 5.56 Å². The summed E-state index contributed by atoms with van der Waals surface area (Å²) >= 11 is 0. The van der Waals surface area contributed by atoms with Gasteiger partial charge in [-0.15, -0.1) is 0 Å². The molecule has 1 aromatic rings. The van der Waals surface area contributed by atoms with Crippen LogP contribution in [0.15, 0.2) is 18.2 Å². The van der Waals surface area contributed by atoms with Crippen LogP contribution in [0.25, 0.3) is 0 Å². The Balaban J connectivity index is 1.95. The number of aliphatic carboxylic acids is 1. The highest BCUT2D eigenvalue weighted by Crippen LogP contribution is 2.25. The second-order valence-corrected chi connectivity index (χ2v) is 4.72. The molecule has 0 spiro atoms. The number of benzene rings is 1. The molecule has 0 bridgehead atoms. The summed E-state index contributed by atoms with van der Waals surface area (Å²) in [6.07, 6.45) is 1.77. The van der Waals surface area contributed by atoms with Crippen molar-refractivity contribution in [2.75, 3.05) is 25.0 Å². The van der Waals surface area contributed by atoms with Gasteiger partial charge in [0.1, 0.15) is 6.54 Å². The number of fused-ring (bicyclic) bond motifs is 1. The first-order valence-corrected chi connectivity index (χ1v) is 6.70. The van der Waals surface area contributed by atoms with Gasteiger partial charge in [0.2, 0.25) is 5.91 Å². The molecule has 0 atom stereocenters. The molecule has 0 saturated carbocycles. The molecular formula is C14H17N3O4. The maximum atomic E-state index is 12.1. The van der Waals surface area contributed by atoms with E-state index in [1.807, 2.05) is 6.07 Å². The molecule has 0 aliphatic carbocycles. The van der Waals surface area contributed by atoms with Crippen LogP contribution in [0, 0.1) is 0 Å². The summed E-state index contributed by atoms with van der Waals surface area (Å²) in [7, 11) is 0. The third-order valence-electron chi connectivity index (χ3n) is 3.19. The molecule has 2 amide bonds. The van der Waals surface area contributed by atoms with Gasteiger partial charge >= 0.3 is 5.97 Å². The summed E-state index contributed by atoms with van der Waals surface area (Å²) in [4.78, 5) is 33.8. The Labute approximate surface area is 121 Å². The Kier molecular flexibility index (Phi) is 4.76. The number of nitrogens with one attached hydrogen (secondary N) is 3. The fraction of sp³-hybridized carbons (Fsp3) is 0.357. The topological polar surface area (TPSA) is 108 Å². The molecule has 4 N–H and O–H groups in total. The van der Waals surface area contributed by atoms with Gasteiger partial charge in [-0.05, 0) is 30.5 Å². The zero-order valence-corrected chi connectivity index (χ0v) is 11.4. The minimum atomic E-state index is -1.13. The first kappa shape index (κ1) is 14.8. The van der Waals surface area contributed by atoms with Crippen LogP contribution in [0.5, 0.6) is 0 Å². The van der Waals surface area contributed by atoms with Crippen molar-refractivity contribution in [3.05, 3.63) is 29.3 Å². The average Bonchev–Trinajstić information content (AvgIpc) is 2.50. The predicted molar refractivity (Wildman–Crippen MR) is 76.2 cm³/mol. The summed E-state index contributed by atoms with van der Waals surface area (Å²) in [5, 5.41) is 16.4. The van der Waals surface area contributed by atoms with Gasteiger partial charge in [0.15, 0.2) is 0 Å². The Bertz CT molecular complexity index is 571. The summed E-state index contributed by atoms with van der Waals surface area (Å²) in [5.41, 5.74) is 2.45. The second-order valence-electron chi connectivity index (χ2n) is 4.72. The second kappa shape index (κ2) is 6.74. The highest BCUT2D eigenvalue weighted by atomic mass is 16.4. The van der Waals surface area contributed by atoms with Crippen LogP contribution < -0.4 is 16.0 Å². The molecule has 21 heavy (non-hydrogen) atoms. The molecule has 1 aliphatic heterocycles. The molecule has 1 heterocycles. The fourth-order valence-corrected chi connectivity index (χ4v) is 2.22. The molecule has 1 aliphatic rings. The van der Waals surface area contributed by atoms with Gasteiger partial charge < -0.3 is 21.1 Å². The number of carboxylic acids is 1. The summed E-state index contributed by atoms with van der Waals surface area (Å²) in [5.74, 6) is -1.99. The molecule has 0 saturated heterocycles. The monoisotopic (exact) mass is 291 g/mol. The van der Waals surface area contributed by atoms with E-state index in [-0.39, 0.29) is 12.5 Å². The van der Waals surface area contributed by atoms with Crippen molar-refractivity contribution in [3.63, 3.8) is 0 Å². The van der Waals surface area contributed by atoms with Crippen molar-refractivity contribution in [1.29, 1.82) is 0 Å². The standard InChI is InChI=1S/C14H17N3O4/c18-12(16-8-13(19)20)7-17-14(21)10-3-1-5-11-9(10)4-2-6-15-11/h1,3,5,15H,2,4,6-8H2,(H,16,18)(H,17,21)(H,19,20). The van der Waals surface area contributed by atoms with Crippen molar-refractivity contribution >= 4 is 23.5 Å². The van der Waals surface area contributed by atoms with Gasteiger partial charge in [-0.1, -0.05) is 6.07 Å².